The van der Waals surface area contributed by atoms with Crippen molar-refractivity contribution in [3.8, 4) is 5.75 Å². The number of hydrogen-bond donors (Lipinski definition) is 2. The zero-order chi connectivity index (χ0) is 15.1. The Morgan fingerprint density at radius 1 is 1.24 bits per heavy atom. The molecule has 112 valence electrons. The van der Waals surface area contributed by atoms with Gasteiger partial charge in [0.05, 0.1) is 11.6 Å². The number of nitrogens with one attached hydrogen (secondary N) is 2. The van der Waals surface area contributed by atoms with Gasteiger partial charge in [0.1, 0.15) is 11.6 Å². The Kier molecular flexibility index (Phi) is 5.80. The van der Waals surface area contributed by atoms with Gasteiger partial charge >= 0.3 is 0 Å². The van der Waals surface area contributed by atoms with Crippen LogP contribution in [0.1, 0.15) is 12.5 Å². The molecule has 0 aliphatic rings. The molecule has 0 atom stereocenters. The van der Waals surface area contributed by atoms with Crippen molar-refractivity contribution in [2.24, 2.45) is 0 Å². The normalized spacial score (nSPS) is 10.2. The van der Waals surface area contributed by atoms with Crippen LogP contribution >= 0.6 is 15.9 Å². The summed E-state index contributed by atoms with van der Waals surface area (Å²) in [6.07, 6.45) is 2.60. The summed E-state index contributed by atoms with van der Waals surface area (Å²) in [6, 6.07) is 8.03. The summed E-state index contributed by atoms with van der Waals surface area (Å²) < 4.78 is 6.20. The van der Waals surface area contributed by atoms with Crippen LogP contribution in [0.25, 0.3) is 0 Å². The average molecular weight is 351 g/mol. The molecule has 0 aliphatic heterocycles. The molecule has 6 heteroatoms. The van der Waals surface area contributed by atoms with Gasteiger partial charge in [-0.3, -0.25) is 0 Å². The monoisotopic (exact) mass is 350 g/mol. The molecular formula is C15H19BrN4O. The maximum Gasteiger partial charge on any atom is 0.224 e. The molecule has 21 heavy (non-hydrogen) atoms. The van der Waals surface area contributed by atoms with Gasteiger partial charge in [0.25, 0.3) is 0 Å². The summed E-state index contributed by atoms with van der Waals surface area (Å²) in [5.74, 6) is 2.32. The number of hydrogen-bond acceptors (Lipinski definition) is 5. The van der Waals surface area contributed by atoms with Gasteiger partial charge < -0.3 is 15.4 Å². The highest BCUT2D eigenvalue weighted by Gasteiger charge is 2.05. The van der Waals surface area contributed by atoms with E-state index in [0.29, 0.717) is 5.95 Å². The summed E-state index contributed by atoms with van der Waals surface area (Å²) in [5.41, 5.74) is 1.17. The summed E-state index contributed by atoms with van der Waals surface area (Å²) in [4.78, 5) is 8.62. The minimum atomic E-state index is 0.625. The van der Waals surface area contributed by atoms with Gasteiger partial charge in [0.2, 0.25) is 5.95 Å². The Bertz CT molecular complexity index is 592. The van der Waals surface area contributed by atoms with Gasteiger partial charge in [-0.15, -0.1) is 0 Å². The topological polar surface area (TPSA) is 59.1 Å². The van der Waals surface area contributed by atoms with Gasteiger partial charge in [-0.05, 0) is 40.9 Å². The first-order valence-corrected chi connectivity index (χ1v) is 7.66. The fourth-order valence-electron chi connectivity index (χ4n) is 1.96. The molecule has 0 aliphatic carbocycles. The molecule has 1 aromatic heterocycles. The minimum absolute atomic E-state index is 0.625. The Morgan fingerprint density at radius 3 is 2.81 bits per heavy atom. The molecule has 0 saturated heterocycles. The highest BCUT2D eigenvalue weighted by atomic mass is 79.9. The maximum atomic E-state index is 5.35. The van der Waals surface area contributed by atoms with Gasteiger partial charge in [-0.25, -0.2) is 4.98 Å². The van der Waals surface area contributed by atoms with Crippen LogP contribution in [0.5, 0.6) is 5.75 Å². The average Bonchev–Trinajstić information content (AvgIpc) is 2.51. The Labute approximate surface area is 133 Å². The van der Waals surface area contributed by atoms with E-state index in [1.165, 1.54) is 5.56 Å². The van der Waals surface area contributed by atoms with Crippen LogP contribution in [-0.4, -0.2) is 30.2 Å². The molecule has 1 heterocycles. The second-order valence-corrected chi connectivity index (χ2v) is 5.26. The third-order valence-corrected chi connectivity index (χ3v) is 3.54. The number of para-hydroxylation sites is 1. The predicted octanol–water partition coefficient (Wildman–Crippen LogP) is 3.33. The van der Waals surface area contributed by atoms with E-state index < -0.39 is 0 Å². The standard InChI is InChI=1S/C15H19BrN4O/c1-3-17-15-19-10-12(16)14(20-15)18-9-8-11-6-4-5-7-13(11)21-2/h4-7,10H,3,8-9H2,1-2H3,(H2,17,18,19,20). The van der Waals surface area contributed by atoms with Crippen molar-refractivity contribution < 1.29 is 4.74 Å². The number of nitrogens with zero attached hydrogens (tertiary/aromatic N) is 2. The van der Waals surface area contributed by atoms with Crippen LogP contribution in [0.2, 0.25) is 0 Å². The van der Waals surface area contributed by atoms with Crippen LogP contribution in [0.15, 0.2) is 34.9 Å². The lowest BCUT2D eigenvalue weighted by Crippen LogP contribution is -2.10. The Balaban J connectivity index is 1.98. The van der Waals surface area contributed by atoms with Crippen LogP contribution in [0.3, 0.4) is 0 Å². The largest absolute Gasteiger partial charge is 0.496 e. The van der Waals surface area contributed by atoms with Crippen molar-refractivity contribution in [1.29, 1.82) is 0 Å². The molecule has 0 amide bonds. The van der Waals surface area contributed by atoms with Crippen molar-refractivity contribution in [3.63, 3.8) is 0 Å². The Morgan fingerprint density at radius 2 is 2.05 bits per heavy atom. The van der Waals surface area contributed by atoms with Crippen LogP contribution in [-0.2, 0) is 6.42 Å². The fourth-order valence-corrected chi connectivity index (χ4v) is 2.29. The van der Waals surface area contributed by atoms with Crippen molar-refractivity contribution in [3.05, 3.63) is 40.5 Å². The summed E-state index contributed by atoms with van der Waals surface area (Å²) >= 11 is 3.46. The van der Waals surface area contributed by atoms with E-state index in [9.17, 15) is 0 Å². The minimum Gasteiger partial charge on any atom is -0.496 e. The molecule has 5 nitrogen and oxygen atoms in total. The van der Waals surface area contributed by atoms with E-state index in [1.54, 1.807) is 13.3 Å². The number of halogens is 1. The summed E-state index contributed by atoms with van der Waals surface area (Å²) in [7, 11) is 1.69. The van der Waals surface area contributed by atoms with Crippen LogP contribution in [0, 0.1) is 0 Å². The van der Waals surface area contributed by atoms with E-state index in [1.807, 2.05) is 25.1 Å². The van der Waals surface area contributed by atoms with Crippen molar-refractivity contribution in [1.82, 2.24) is 9.97 Å². The Hall–Kier alpha value is -1.82. The number of benzene rings is 1. The van der Waals surface area contributed by atoms with Gasteiger partial charge in [0.15, 0.2) is 0 Å². The van der Waals surface area contributed by atoms with Crippen LogP contribution in [0.4, 0.5) is 11.8 Å². The molecule has 0 bridgehead atoms. The lowest BCUT2D eigenvalue weighted by Gasteiger charge is -2.11. The quantitative estimate of drug-likeness (QED) is 0.801. The fraction of sp³-hybridized carbons (Fsp3) is 0.333. The molecule has 0 radical (unpaired) electrons. The number of methoxy groups -OCH3 is 1. The molecule has 0 spiro atoms. The number of anilines is 2. The predicted molar refractivity (Wildman–Crippen MR) is 89.1 cm³/mol. The number of rotatable bonds is 7. The first-order chi connectivity index (χ1) is 10.2. The van der Waals surface area contributed by atoms with Crippen molar-refractivity contribution in [2.45, 2.75) is 13.3 Å². The third kappa shape index (κ3) is 4.32. The van der Waals surface area contributed by atoms with E-state index in [2.05, 4.69) is 42.6 Å². The molecule has 2 rings (SSSR count). The SMILES string of the molecule is CCNc1ncc(Br)c(NCCc2ccccc2OC)n1. The highest BCUT2D eigenvalue weighted by Crippen LogP contribution is 2.21. The van der Waals surface area contributed by atoms with Crippen molar-refractivity contribution >= 4 is 27.7 Å². The molecule has 1 aromatic carbocycles. The second kappa shape index (κ2) is 7.83. The third-order valence-electron chi connectivity index (χ3n) is 2.96. The van der Waals surface area contributed by atoms with Gasteiger partial charge in [-0.2, -0.15) is 4.98 Å². The summed E-state index contributed by atoms with van der Waals surface area (Å²) in [5, 5.41) is 6.42. The number of aromatic nitrogens is 2. The molecule has 2 N–H and O–H groups in total. The van der Waals surface area contributed by atoms with Gasteiger partial charge in [0, 0.05) is 19.3 Å². The molecule has 2 aromatic rings. The van der Waals surface area contributed by atoms with Crippen molar-refractivity contribution in [2.75, 3.05) is 30.8 Å². The highest BCUT2D eigenvalue weighted by molar-refractivity contribution is 9.10. The first kappa shape index (κ1) is 15.6. The van der Waals surface area contributed by atoms with E-state index >= 15 is 0 Å². The van der Waals surface area contributed by atoms with Gasteiger partial charge in [-0.1, -0.05) is 18.2 Å². The summed E-state index contributed by atoms with van der Waals surface area (Å²) in [6.45, 7) is 3.57. The van der Waals surface area contributed by atoms with E-state index in [4.69, 9.17) is 4.74 Å². The maximum absolute atomic E-state index is 5.35. The van der Waals surface area contributed by atoms with E-state index in [-0.39, 0.29) is 0 Å². The lowest BCUT2D eigenvalue weighted by molar-refractivity contribution is 0.410. The number of ether oxygens (including phenoxy) is 1. The second-order valence-electron chi connectivity index (χ2n) is 4.41. The lowest BCUT2D eigenvalue weighted by atomic mass is 10.1. The molecule has 0 fully saturated rings. The van der Waals surface area contributed by atoms with Crippen LogP contribution < -0.4 is 15.4 Å². The first-order valence-electron chi connectivity index (χ1n) is 6.86. The zero-order valence-corrected chi connectivity index (χ0v) is 13.8. The molecule has 0 unspecified atom stereocenters. The smallest absolute Gasteiger partial charge is 0.224 e. The molecular weight excluding hydrogens is 332 g/mol. The zero-order valence-electron chi connectivity index (χ0n) is 12.2. The molecule has 0 saturated carbocycles. The van der Waals surface area contributed by atoms with E-state index in [0.717, 1.165) is 35.6 Å².